The van der Waals surface area contributed by atoms with E-state index in [1.54, 1.807) is 6.92 Å². The number of benzene rings is 4. The largest absolute Gasteiger partial charge is 0.496 e. The van der Waals surface area contributed by atoms with Crippen molar-refractivity contribution in [3.63, 3.8) is 0 Å². The smallest absolute Gasteiger partial charge is 0.459 e. The van der Waals surface area contributed by atoms with Crippen LogP contribution in [-0.4, -0.2) is 28.9 Å². The van der Waals surface area contributed by atoms with Crippen molar-refractivity contribution in [1.82, 2.24) is 4.57 Å². The zero-order valence-corrected chi connectivity index (χ0v) is 21.2. The molecule has 1 unspecified atom stereocenters. The van der Waals surface area contributed by atoms with E-state index in [1.165, 1.54) is 0 Å². The Bertz CT molecular complexity index is 1600. The first kappa shape index (κ1) is 23.5. The third-order valence-electron chi connectivity index (χ3n) is 7.49. The predicted octanol–water partition coefficient (Wildman–Crippen LogP) is 5.81. The fraction of sp³-hybridized carbons (Fsp3) is 0.194. The molecule has 1 aliphatic heterocycles. The number of aromatic nitrogens is 1. The van der Waals surface area contributed by atoms with Gasteiger partial charge in [-0.15, -0.1) is 0 Å². The molecule has 2 heterocycles. The molecule has 0 radical (unpaired) electrons. The van der Waals surface area contributed by atoms with Crippen molar-refractivity contribution in [1.29, 1.82) is 0 Å². The molecule has 0 N–H and O–H groups in total. The minimum atomic E-state index is -1.29. The van der Waals surface area contributed by atoms with Crippen LogP contribution in [-0.2, 0) is 25.4 Å². The van der Waals surface area contributed by atoms with E-state index in [9.17, 15) is 4.79 Å². The summed E-state index contributed by atoms with van der Waals surface area (Å²) in [5.74, 6) is -0.442. The van der Waals surface area contributed by atoms with E-state index in [1.807, 2.05) is 86.6 Å². The van der Waals surface area contributed by atoms with Gasteiger partial charge in [0.15, 0.2) is 5.60 Å². The standard InChI is InChI=1S/C31H28BNO4/c1-30(2)31(3,29(34)35-21-22-13-6-4-7-14-22)37-32(36-30)25-18-12-20-27-28(25)24-17-10-11-19-26(24)33(27)23-15-8-5-9-16-23/h4-20H,21H2,1-3H3. The van der Waals surface area contributed by atoms with Crippen molar-refractivity contribution in [3.05, 3.63) is 109 Å². The van der Waals surface area contributed by atoms with Crippen molar-refractivity contribution in [2.24, 2.45) is 0 Å². The molecule has 1 aromatic heterocycles. The van der Waals surface area contributed by atoms with Gasteiger partial charge in [0.2, 0.25) is 0 Å². The second-order valence-electron chi connectivity index (χ2n) is 10.1. The van der Waals surface area contributed by atoms with Gasteiger partial charge in [-0.1, -0.05) is 78.9 Å². The average Bonchev–Trinajstić information content (AvgIpc) is 3.39. The Morgan fingerprint density at radius 3 is 2.19 bits per heavy atom. The fourth-order valence-electron chi connectivity index (χ4n) is 5.14. The predicted molar refractivity (Wildman–Crippen MR) is 147 cm³/mol. The molecule has 0 bridgehead atoms. The van der Waals surface area contributed by atoms with Crippen LogP contribution in [0.25, 0.3) is 27.5 Å². The Hall–Kier alpha value is -3.87. The number of para-hydroxylation sites is 2. The van der Waals surface area contributed by atoms with Gasteiger partial charge in [0.1, 0.15) is 6.61 Å². The maximum absolute atomic E-state index is 13.4. The first-order chi connectivity index (χ1) is 17.9. The van der Waals surface area contributed by atoms with Gasteiger partial charge in [0, 0.05) is 16.5 Å². The number of hydrogen-bond donors (Lipinski definition) is 0. The molecule has 0 saturated carbocycles. The van der Waals surface area contributed by atoms with E-state index in [0.29, 0.717) is 0 Å². The molecule has 0 spiro atoms. The van der Waals surface area contributed by atoms with Gasteiger partial charge >= 0.3 is 13.1 Å². The second-order valence-corrected chi connectivity index (χ2v) is 10.1. The highest BCUT2D eigenvalue weighted by atomic mass is 16.7. The van der Waals surface area contributed by atoms with Crippen LogP contribution in [0, 0.1) is 0 Å². The van der Waals surface area contributed by atoms with E-state index in [0.717, 1.165) is 38.5 Å². The second kappa shape index (κ2) is 8.91. The minimum Gasteiger partial charge on any atom is -0.459 e. The van der Waals surface area contributed by atoms with Gasteiger partial charge < -0.3 is 18.6 Å². The summed E-state index contributed by atoms with van der Waals surface area (Å²) in [6, 6.07) is 34.4. The Kier molecular flexibility index (Phi) is 5.66. The van der Waals surface area contributed by atoms with Crippen molar-refractivity contribution >= 4 is 40.4 Å². The molecular formula is C31H28BNO4. The summed E-state index contributed by atoms with van der Waals surface area (Å²) >= 11 is 0. The molecule has 4 aromatic carbocycles. The Balaban J connectivity index is 1.41. The van der Waals surface area contributed by atoms with E-state index in [2.05, 4.69) is 34.9 Å². The summed E-state index contributed by atoms with van der Waals surface area (Å²) in [5.41, 5.74) is 2.84. The number of fused-ring (bicyclic) bond motifs is 3. The lowest BCUT2D eigenvalue weighted by molar-refractivity contribution is -0.169. The summed E-state index contributed by atoms with van der Waals surface area (Å²) in [4.78, 5) is 13.4. The molecule has 1 aliphatic rings. The molecule has 6 heteroatoms. The molecule has 0 amide bonds. The number of rotatable bonds is 5. The molecule has 184 valence electrons. The normalized spacial score (nSPS) is 18.9. The van der Waals surface area contributed by atoms with Gasteiger partial charge in [-0.25, -0.2) is 4.79 Å². The molecule has 6 rings (SSSR count). The van der Waals surface area contributed by atoms with Crippen molar-refractivity contribution in [2.45, 2.75) is 38.6 Å². The quantitative estimate of drug-likeness (QED) is 0.231. The van der Waals surface area contributed by atoms with Crippen LogP contribution in [0.15, 0.2) is 103 Å². The summed E-state index contributed by atoms with van der Waals surface area (Å²) in [7, 11) is -0.733. The van der Waals surface area contributed by atoms with Gasteiger partial charge in [-0.3, -0.25) is 0 Å². The highest BCUT2D eigenvalue weighted by Gasteiger charge is 2.60. The first-order valence-corrected chi connectivity index (χ1v) is 12.5. The molecule has 5 nitrogen and oxygen atoms in total. The number of carbonyl (C=O) groups is 1. The lowest BCUT2D eigenvalue weighted by Gasteiger charge is -2.33. The number of esters is 1. The van der Waals surface area contributed by atoms with E-state index in [4.69, 9.17) is 14.0 Å². The third-order valence-corrected chi connectivity index (χ3v) is 7.49. The maximum atomic E-state index is 13.4. The van der Waals surface area contributed by atoms with Crippen molar-refractivity contribution < 1.29 is 18.8 Å². The highest BCUT2D eigenvalue weighted by Crippen LogP contribution is 2.40. The minimum absolute atomic E-state index is 0.180. The van der Waals surface area contributed by atoms with Gasteiger partial charge in [0.05, 0.1) is 16.6 Å². The highest BCUT2D eigenvalue weighted by molar-refractivity contribution is 6.66. The van der Waals surface area contributed by atoms with Crippen molar-refractivity contribution in [3.8, 4) is 5.69 Å². The summed E-state index contributed by atoms with van der Waals surface area (Å²) in [6.45, 7) is 5.70. The van der Waals surface area contributed by atoms with Gasteiger partial charge in [-0.05, 0) is 56.1 Å². The lowest BCUT2D eigenvalue weighted by atomic mass is 9.76. The Morgan fingerprint density at radius 1 is 0.784 bits per heavy atom. The summed E-state index contributed by atoms with van der Waals surface area (Å²) < 4.78 is 20.9. The summed E-state index contributed by atoms with van der Waals surface area (Å²) in [6.07, 6.45) is 0. The number of carbonyl (C=O) groups excluding carboxylic acids is 1. The maximum Gasteiger partial charge on any atom is 0.496 e. The van der Waals surface area contributed by atoms with E-state index in [-0.39, 0.29) is 6.61 Å². The Morgan fingerprint density at radius 2 is 1.43 bits per heavy atom. The van der Waals surface area contributed by atoms with Crippen LogP contribution >= 0.6 is 0 Å². The molecular weight excluding hydrogens is 461 g/mol. The van der Waals surface area contributed by atoms with Gasteiger partial charge in [0.25, 0.3) is 0 Å². The monoisotopic (exact) mass is 489 g/mol. The fourth-order valence-corrected chi connectivity index (χ4v) is 5.14. The average molecular weight is 489 g/mol. The van der Waals surface area contributed by atoms with E-state index < -0.39 is 24.3 Å². The molecule has 1 saturated heterocycles. The molecule has 37 heavy (non-hydrogen) atoms. The first-order valence-electron chi connectivity index (χ1n) is 12.5. The van der Waals surface area contributed by atoms with E-state index >= 15 is 0 Å². The topological polar surface area (TPSA) is 49.7 Å². The molecule has 0 aliphatic carbocycles. The number of hydrogen-bond acceptors (Lipinski definition) is 4. The zero-order chi connectivity index (χ0) is 25.6. The SMILES string of the molecule is CC1(C)OB(c2cccc3c2c2ccccc2n3-c2ccccc2)OC1(C)C(=O)OCc1ccccc1. The molecule has 1 fully saturated rings. The molecule has 5 aromatic rings. The zero-order valence-electron chi connectivity index (χ0n) is 21.2. The van der Waals surface area contributed by atoms with Crippen LogP contribution in [0.2, 0.25) is 0 Å². The lowest BCUT2D eigenvalue weighted by Crippen LogP contribution is -2.52. The van der Waals surface area contributed by atoms with Crippen LogP contribution in [0.4, 0.5) is 0 Å². The van der Waals surface area contributed by atoms with Crippen LogP contribution in [0.1, 0.15) is 26.3 Å². The Labute approximate surface area is 216 Å². The van der Waals surface area contributed by atoms with Crippen LogP contribution < -0.4 is 5.46 Å². The number of ether oxygens (including phenoxy) is 1. The molecule has 1 atom stereocenters. The van der Waals surface area contributed by atoms with Crippen LogP contribution in [0.3, 0.4) is 0 Å². The van der Waals surface area contributed by atoms with Crippen molar-refractivity contribution in [2.75, 3.05) is 0 Å². The van der Waals surface area contributed by atoms with Gasteiger partial charge in [-0.2, -0.15) is 0 Å². The third kappa shape index (κ3) is 3.84. The van der Waals surface area contributed by atoms with Crippen LogP contribution in [0.5, 0.6) is 0 Å². The number of nitrogens with zero attached hydrogens (tertiary/aromatic N) is 1. The summed E-state index contributed by atoms with van der Waals surface area (Å²) in [5, 5.41) is 2.15.